The van der Waals surface area contributed by atoms with Crippen molar-refractivity contribution in [1.29, 1.82) is 0 Å². The van der Waals surface area contributed by atoms with E-state index in [1.54, 1.807) is 11.3 Å². The third-order valence-electron chi connectivity index (χ3n) is 5.31. The van der Waals surface area contributed by atoms with Crippen molar-refractivity contribution in [3.05, 3.63) is 38.5 Å². The summed E-state index contributed by atoms with van der Waals surface area (Å²) in [6, 6.07) is 2.56. The van der Waals surface area contributed by atoms with E-state index in [-0.39, 0.29) is 0 Å². The van der Waals surface area contributed by atoms with Gasteiger partial charge in [-0.15, -0.1) is 11.3 Å². The molecule has 1 aliphatic carbocycles. The topological polar surface area (TPSA) is 28.2 Å². The normalized spacial score (nSPS) is 22.6. The van der Waals surface area contributed by atoms with Crippen LogP contribution < -0.4 is 5.32 Å². The highest BCUT2D eigenvalue weighted by atomic mass is 32.1. The first-order valence-electron chi connectivity index (χ1n) is 8.44. The highest BCUT2D eigenvalue weighted by Gasteiger charge is 2.56. The van der Waals surface area contributed by atoms with Crippen LogP contribution >= 0.6 is 22.7 Å². The molecule has 2 aliphatic rings. The van der Waals surface area contributed by atoms with Gasteiger partial charge in [-0.3, -0.25) is 4.90 Å². The first-order valence-corrected chi connectivity index (χ1v) is 10.2. The van der Waals surface area contributed by atoms with Crippen molar-refractivity contribution in [2.75, 3.05) is 13.1 Å². The second-order valence-corrected chi connectivity index (χ2v) is 8.89. The fourth-order valence-corrected chi connectivity index (χ4v) is 5.37. The smallest absolute Gasteiger partial charge is 0.317 e. The lowest BCUT2D eigenvalue weighted by molar-refractivity contribution is -0.137. The summed E-state index contributed by atoms with van der Waals surface area (Å²) in [5, 5.41) is 6.83. The summed E-state index contributed by atoms with van der Waals surface area (Å²) >= 11 is 2.43. The van der Waals surface area contributed by atoms with E-state index in [0.29, 0.717) is 22.9 Å². The highest BCUT2D eigenvalue weighted by Crippen LogP contribution is 2.56. The van der Waals surface area contributed by atoms with E-state index in [0.717, 1.165) is 50.2 Å². The van der Waals surface area contributed by atoms with E-state index in [2.05, 4.69) is 32.0 Å². The quantitative estimate of drug-likeness (QED) is 0.826. The number of hydrogen-bond donors (Lipinski definition) is 1. The van der Waals surface area contributed by atoms with Crippen molar-refractivity contribution in [3.8, 4) is 0 Å². The monoisotopic (exact) mass is 387 g/mol. The number of piperidine rings is 1. The Kier molecular flexibility index (Phi) is 4.64. The Morgan fingerprint density at radius 1 is 1.28 bits per heavy atom. The fraction of sp³-hybridized carbons (Fsp3) is 0.588. The molecule has 1 atom stereocenters. The number of nitrogens with zero attached hydrogens (tertiary/aromatic N) is 2. The molecule has 1 saturated carbocycles. The largest absolute Gasteiger partial charge is 0.443 e. The van der Waals surface area contributed by atoms with Crippen LogP contribution in [0, 0.1) is 5.41 Å². The Bertz CT molecular complexity index is 705. The van der Waals surface area contributed by atoms with Crippen LogP contribution in [0.1, 0.15) is 34.7 Å². The van der Waals surface area contributed by atoms with Gasteiger partial charge in [-0.05, 0) is 60.2 Å². The zero-order chi connectivity index (χ0) is 17.5. The zero-order valence-electron chi connectivity index (χ0n) is 13.7. The van der Waals surface area contributed by atoms with Crippen molar-refractivity contribution in [1.82, 2.24) is 15.2 Å². The second-order valence-electron chi connectivity index (χ2n) is 7.00. The van der Waals surface area contributed by atoms with Crippen molar-refractivity contribution in [3.63, 3.8) is 0 Å². The summed E-state index contributed by atoms with van der Waals surface area (Å²) < 4.78 is 38.5. The molecule has 1 unspecified atom stereocenters. The minimum atomic E-state index is -4.35. The minimum absolute atomic E-state index is 0.360. The van der Waals surface area contributed by atoms with Crippen molar-refractivity contribution in [2.45, 2.75) is 44.6 Å². The molecule has 136 valence electrons. The van der Waals surface area contributed by atoms with Gasteiger partial charge in [0, 0.05) is 30.2 Å². The third kappa shape index (κ3) is 3.77. The molecule has 0 aromatic carbocycles. The number of thiazole rings is 1. The van der Waals surface area contributed by atoms with Gasteiger partial charge in [-0.2, -0.15) is 24.5 Å². The molecule has 2 fully saturated rings. The van der Waals surface area contributed by atoms with E-state index in [9.17, 15) is 13.2 Å². The number of thiophene rings is 1. The van der Waals surface area contributed by atoms with Crippen LogP contribution in [-0.4, -0.2) is 29.0 Å². The van der Waals surface area contributed by atoms with E-state index < -0.39 is 11.2 Å². The summed E-state index contributed by atoms with van der Waals surface area (Å²) in [6.45, 7) is 3.43. The van der Waals surface area contributed by atoms with Gasteiger partial charge < -0.3 is 5.32 Å². The molecule has 1 spiro atoms. The molecular formula is C17H20F3N3S2. The molecule has 4 rings (SSSR count). The number of halogens is 3. The van der Waals surface area contributed by atoms with Crippen LogP contribution in [0.25, 0.3) is 0 Å². The van der Waals surface area contributed by atoms with Crippen LogP contribution in [-0.2, 0) is 19.3 Å². The molecule has 8 heteroatoms. The maximum absolute atomic E-state index is 12.8. The molecule has 0 bridgehead atoms. The Morgan fingerprint density at radius 2 is 2.08 bits per heavy atom. The minimum Gasteiger partial charge on any atom is -0.317 e. The predicted molar refractivity (Wildman–Crippen MR) is 93.6 cm³/mol. The van der Waals surface area contributed by atoms with Gasteiger partial charge in [0.05, 0.1) is 0 Å². The van der Waals surface area contributed by atoms with E-state index in [1.807, 2.05) is 0 Å². The number of nitrogens with one attached hydrogen (secondary N) is 1. The molecule has 2 aromatic rings. The number of aromatic nitrogens is 1. The molecule has 2 aromatic heterocycles. The molecule has 0 amide bonds. The molecule has 25 heavy (non-hydrogen) atoms. The number of hydrogen-bond acceptors (Lipinski definition) is 5. The van der Waals surface area contributed by atoms with E-state index >= 15 is 0 Å². The van der Waals surface area contributed by atoms with Crippen LogP contribution in [0.3, 0.4) is 0 Å². The summed E-state index contributed by atoms with van der Waals surface area (Å²) in [5.41, 5.74) is 1.60. The predicted octanol–water partition coefficient (Wildman–Crippen LogP) is 4.37. The lowest BCUT2D eigenvalue weighted by atomic mass is 9.93. The number of alkyl halides is 3. The second kappa shape index (κ2) is 6.64. The maximum Gasteiger partial charge on any atom is 0.443 e. The summed E-state index contributed by atoms with van der Waals surface area (Å²) in [6.07, 6.45) is 0.523. The van der Waals surface area contributed by atoms with Gasteiger partial charge in [0.2, 0.25) is 0 Å². The average molecular weight is 387 g/mol. The molecule has 1 aliphatic heterocycles. The molecule has 3 nitrogen and oxygen atoms in total. The van der Waals surface area contributed by atoms with Gasteiger partial charge in [0.15, 0.2) is 5.01 Å². The molecule has 0 radical (unpaired) electrons. The standard InChI is InChI=1S/C17H20F3N3S2/c18-17(19,20)15-22-8-13(25-15)10-23(9-12-1-6-24-11-12)14-7-16(14)2-4-21-5-3-16/h1,6,8,11,14,21H,2-5,7,9-10H2. The van der Waals surface area contributed by atoms with Crippen molar-refractivity contribution >= 4 is 22.7 Å². The van der Waals surface area contributed by atoms with E-state index in [4.69, 9.17) is 0 Å². The van der Waals surface area contributed by atoms with Crippen LogP contribution in [0.2, 0.25) is 0 Å². The van der Waals surface area contributed by atoms with Crippen molar-refractivity contribution in [2.24, 2.45) is 5.41 Å². The highest BCUT2D eigenvalue weighted by molar-refractivity contribution is 7.11. The Labute approximate surface area is 152 Å². The van der Waals surface area contributed by atoms with Crippen LogP contribution in [0.15, 0.2) is 23.0 Å². The average Bonchev–Trinajstić information content (AvgIpc) is 3.00. The Balaban J connectivity index is 1.51. The third-order valence-corrected chi connectivity index (χ3v) is 7.07. The Morgan fingerprint density at radius 3 is 2.72 bits per heavy atom. The first kappa shape index (κ1) is 17.5. The van der Waals surface area contributed by atoms with Gasteiger partial charge in [-0.1, -0.05) is 0 Å². The van der Waals surface area contributed by atoms with Gasteiger partial charge in [0.1, 0.15) is 0 Å². The summed E-state index contributed by atoms with van der Waals surface area (Å²) in [5.74, 6) is 0. The first-order chi connectivity index (χ1) is 12.0. The zero-order valence-corrected chi connectivity index (χ0v) is 15.3. The molecule has 1 N–H and O–H groups in total. The van der Waals surface area contributed by atoms with Gasteiger partial charge >= 0.3 is 6.18 Å². The Hall–Kier alpha value is -0.960. The van der Waals surface area contributed by atoms with Crippen molar-refractivity contribution < 1.29 is 13.2 Å². The molecule has 1 saturated heterocycles. The van der Waals surface area contributed by atoms with Crippen LogP contribution in [0.5, 0.6) is 0 Å². The van der Waals surface area contributed by atoms with E-state index in [1.165, 1.54) is 11.8 Å². The van der Waals surface area contributed by atoms with Crippen LogP contribution in [0.4, 0.5) is 13.2 Å². The lowest BCUT2D eigenvalue weighted by Gasteiger charge is -2.29. The van der Waals surface area contributed by atoms with Gasteiger partial charge in [0.25, 0.3) is 0 Å². The molecular weight excluding hydrogens is 367 g/mol. The number of rotatable bonds is 5. The maximum atomic E-state index is 12.8. The lowest BCUT2D eigenvalue weighted by Crippen LogP contribution is -2.35. The van der Waals surface area contributed by atoms with Gasteiger partial charge in [-0.25, -0.2) is 4.98 Å². The summed E-state index contributed by atoms with van der Waals surface area (Å²) in [7, 11) is 0. The summed E-state index contributed by atoms with van der Waals surface area (Å²) in [4.78, 5) is 6.64. The fourth-order valence-electron chi connectivity index (χ4n) is 3.91. The molecule has 3 heterocycles. The SMILES string of the molecule is FC(F)(F)c1ncc(CN(Cc2ccsc2)C2CC23CCNCC3)s1.